The van der Waals surface area contributed by atoms with Crippen molar-refractivity contribution in [2.45, 2.75) is 18.9 Å². The van der Waals surface area contributed by atoms with Crippen molar-refractivity contribution in [1.29, 1.82) is 0 Å². The number of ketones is 1. The fraction of sp³-hybridized carbons (Fsp3) is 0.450. The third kappa shape index (κ3) is 3.81. The van der Waals surface area contributed by atoms with Crippen molar-refractivity contribution in [3.05, 3.63) is 52.0 Å². The van der Waals surface area contributed by atoms with Gasteiger partial charge in [0, 0.05) is 18.5 Å². The highest BCUT2D eigenvalue weighted by molar-refractivity contribution is 7.11. The smallest absolute Gasteiger partial charge is 0.277 e. The summed E-state index contributed by atoms with van der Waals surface area (Å²) in [6, 6.07) is 10.3. The molecule has 6 nitrogen and oxygen atoms in total. The van der Waals surface area contributed by atoms with Gasteiger partial charge in [-0.3, -0.25) is 14.5 Å². The lowest BCUT2D eigenvalue weighted by Gasteiger charge is -2.26. The number of nitrogens with one attached hydrogen (secondary N) is 1. The van der Waals surface area contributed by atoms with E-state index in [1.165, 1.54) is 5.56 Å². The summed E-state index contributed by atoms with van der Waals surface area (Å²) in [6.07, 6.45) is 2.03. The minimum absolute atomic E-state index is 0.0228. The minimum Gasteiger partial charge on any atom is -0.364 e. The van der Waals surface area contributed by atoms with E-state index in [9.17, 15) is 9.59 Å². The number of likely N-dealkylation sites (tertiary alicyclic amines) is 1. The largest absolute Gasteiger partial charge is 0.364 e. The molecule has 3 N–H and O–H groups in total. The van der Waals surface area contributed by atoms with Gasteiger partial charge in [0.15, 0.2) is 10.8 Å². The Morgan fingerprint density at radius 1 is 1.26 bits per heavy atom. The Morgan fingerprint density at radius 2 is 2.07 bits per heavy atom. The molecule has 0 aliphatic carbocycles. The number of rotatable bonds is 7. The van der Waals surface area contributed by atoms with Crippen molar-refractivity contribution >= 4 is 23.0 Å². The molecule has 4 rings (SSSR count). The first-order chi connectivity index (χ1) is 13.1. The van der Waals surface area contributed by atoms with Gasteiger partial charge < -0.3 is 11.1 Å². The molecule has 2 aliphatic rings. The lowest BCUT2D eigenvalue weighted by Crippen LogP contribution is -2.42. The van der Waals surface area contributed by atoms with Crippen molar-refractivity contribution in [2.75, 3.05) is 26.2 Å². The number of hydrogen-bond donors (Lipinski definition) is 2. The van der Waals surface area contributed by atoms with E-state index in [0.29, 0.717) is 17.5 Å². The molecule has 27 heavy (non-hydrogen) atoms. The van der Waals surface area contributed by atoms with E-state index >= 15 is 0 Å². The predicted molar refractivity (Wildman–Crippen MR) is 105 cm³/mol. The maximum absolute atomic E-state index is 13.2. The van der Waals surface area contributed by atoms with Crippen LogP contribution in [0.2, 0.25) is 0 Å². The van der Waals surface area contributed by atoms with Crippen LogP contribution >= 0.6 is 11.3 Å². The second-order valence-corrected chi connectivity index (χ2v) is 8.24. The highest BCUT2D eigenvalue weighted by atomic mass is 32.1. The highest BCUT2D eigenvalue weighted by Gasteiger charge is 2.47. The first-order valence-corrected chi connectivity index (χ1v) is 10.3. The lowest BCUT2D eigenvalue weighted by molar-refractivity contribution is 0.0827. The predicted octanol–water partition coefficient (Wildman–Crippen LogP) is 1.58. The molecule has 2 aromatic rings. The SMILES string of the molecule is NC(=O)c1nc(C(=O)[C@@H]2[C@@H]3CNCC3CN2CCCc2ccccc2)cs1. The molecule has 3 heterocycles. The van der Waals surface area contributed by atoms with E-state index in [0.717, 1.165) is 50.4 Å². The molecule has 0 radical (unpaired) electrons. The van der Waals surface area contributed by atoms with Crippen LogP contribution in [0, 0.1) is 11.8 Å². The van der Waals surface area contributed by atoms with Crippen LogP contribution in [0.15, 0.2) is 35.7 Å². The molecular weight excluding hydrogens is 360 g/mol. The number of amides is 1. The third-order valence-electron chi connectivity index (χ3n) is 5.65. The van der Waals surface area contributed by atoms with E-state index < -0.39 is 5.91 Å². The van der Waals surface area contributed by atoms with E-state index in [1.807, 2.05) is 6.07 Å². The molecule has 1 aromatic heterocycles. The van der Waals surface area contributed by atoms with Crippen molar-refractivity contribution in [1.82, 2.24) is 15.2 Å². The summed E-state index contributed by atoms with van der Waals surface area (Å²) in [5.41, 5.74) is 6.99. The number of benzene rings is 1. The van der Waals surface area contributed by atoms with Crippen LogP contribution in [0.3, 0.4) is 0 Å². The Kier molecular flexibility index (Phi) is 5.33. The van der Waals surface area contributed by atoms with Gasteiger partial charge in [0.2, 0.25) is 0 Å². The standard InChI is InChI=1S/C20H24N4O2S/c21-19(26)20-23-16(12-27-20)18(25)17-15-10-22-9-14(15)11-24(17)8-4-7-13-5-2-1-3-6-13/h1-3,5-6,12,14-15,17,22H,4,7-11H2,(H2,21,26)/t14?,15-,17+/m1/s1. The van der Waals surface area contributed by atoms with Crippen LogP contribution in [-0.2, 0) is 6.42 Å². The summed E-state index contributed by atoms with van der Waals surface area (Å²) < 4.78 is 0. The average Bonchev–Trinajstić information content (AvgIpc) is 3.38. The third-order valence-corrected chi connectivity index (χ3v) is 6.51. The summed E-state index contributed by atoms with van der Waals surface area (Å²) in [5, 5.41) is 5.28. The lowest BCUT2D eigenvalue weighted by atomic mass is 9.91. The van der Waals surface area contributed by atoms with Gasteiger partial charge in [-0.15, -0.1) is 11.3 Å². The quantitative estimate of drug-likeness (QED) is 0.708. The van der Waals surface area contributed by atoms with Crippen LogP contribution in [0.4, 0.5) is 0 Å². The monoisotopic (exact) mass is 384 g/mol. The van der Waals surface area contributed by atoms with Gasteiger partial charge in [-0.1, -0.05) is 30.3 Å². The molecular formula is C20H24N4O2S. The Balaban J connectivity index is 1.46. The second-order valence-electron chi connectivity index (χ2n) is 7.38. The molecule has 1 aromatic carbocycles. The molecule has 0 saturated carbocycles. The van der Waals surface area contributed by atoms with Crippen LogP contribution in [0.1, 0.15) is 32.3 Å². The van der Waals surface area contributed by atoms with Crippen molar-refractivity contribution in [2.24, 2.45) is 17.6 Å². The topological polar surface area (TPSA) is 88.3 Å². The van der Waals surface area contributed by atoms with Gasteiger partial charge in [-0.2, -0.15) is 0 Å². The molecule has 1 amide bonds. The van der Waals surface area contributed by atoms with Crippen LogP contribution in [0.5, 0.6) is 0 Å². The summed E-state index contributed by atoms with van der Waals surface area (Å²) in [7, 11) is 0. The average molecular weight is 385 g/mol. The fourth-order valence-electron chi connectivity index (χ4n) is 4.38. The summed E-state index contributed by atoms with van der Waals surface area (Å²) in [4.78, 5) is 31.0. The number of carbonyl (C=O) groups is 2. The van der Waals surface area contributed by atoms with Crippen LogP contribution in [0.25, 0.3) is 0 Å². The molecule has 0 spiro atoms. The molecule has 7 heteroatoms. The zero-order valence-electron chi connectivity index (χ0n) is 15.1. The molecule has 142 valence electrons. The molecule has 1 unspecified atom stereocenters. The van der Waals surface area contributed by atoms with Crippen molar-refractivity contribution in [3.63, 3.8) is 0 Å². The maximum atomic E-state index is 13.2. The number of thiazole rings is 1. The van der Waals surface area contributed by atoms with Crippen LogP contribution < -0.4 is 11.1 Å². The Bertz CT molecular complexity index is 822. The van der Waals surface area contributed by atoms with Gasteiger partial charge in [-0.25, -0.2) is 4.98 Å². The zero-order chi connectivity index (χ0) is 18.8. The first-order valence-electron chi connectivity index (χ1n) is 9.41. The highest BCUT2D eigenvalue weighted by Crippen LogP contribution is 2.34. The number of nitrogens with two attached hydrogens (primary N) is 1. The second kappa shape index (κ2) is 7.88. The van der Waals surface area contributed by atoms with E-state index in [4.69, 9.17) is 5.73 Å². The first kappa shape index (κ1) is 18.3. The summed E-state index contributed by atoms with van der Waals surface area (Å²) in [5.74, 6) is 0.262. The summed E-state index contributed by atoms with van der Waals surface area (Å²) >= 11 is 1.15. The molecule has 0 bridgehead atoms. The van der Waals surface area contributed by atoms with Gasteiger partial charge in [0.1, 0.15) is 5.69 Å². The van der Waals surface area contributed by atoms with E-state index in [2.05, 4.69) is 39.5 Å². The van der Waals surface area contributed by atoms with Crippen molar-refractivity contribution in [3.8, 4) is 0 Å². The number of aromatic nitrogens is 1. The Hall–Kier alpha value is -2.09. The molecule has 2 aliphatic heterocycles. The Labute approximate surface area is 162 Å². The van der Waals surface area contributed by atoms with Gasteiger partial charge in [0.25, 0.3) is 5.91 Å². The number of primary amides is 1. The zero-order valence-corrected chi connectivity index (χ0v) is 16.0. The van der Waals surface area contributed by atoms with Gasteiger partial charge in [-0.05, 0) is 43.3 Å². The number of nitrogens with zero attached hydrogens (tertiary/aromatic N) is 2. The maximum Gasteiger partial charge on any atom is 0.277 e. The summed E-state index contributed by atoms with van der Waals surface area (Å²) in [6.45, 7) is 3.66. The van der Waals surface area contributed by atoms with Crippen molar-refractivity contribution < 1.29 is 9.59 Å². The number of Topliss-reactive ketones (excluding diaryl/α,β-unsaturated/α-hetero) is 1. The molecule has 2 saturated heterocycles. The van der Waals surface area contributed by atoms with E-state index in [1.54, 1.807) is 5.38 Å². The molecule has 3 atom stereocenters. The Morgan fingerprint density at radius 3 is 2.81 bits per heavy atom. The number of hydrogen-bond acceptors (Lipinski definition) is 6. The number of fused-ring (bicyclic) bond motifs is 1. The van der Waals surface area contributed by atoms with E-state index in [-0.39, 0.29) is 16.8 Å². The normalized spacial score (nSPS) is 24.8. The van der Waals surface area contributed by atoms with Gasteiger partial charge in [0.05, 0.1) is 6.04 Å². The number of carbonyl (C=O) groups excluding carboxylic acids is 2. The number of aryl methyl sites for hydroxylation is 1. The molecule has 2 fully saturated rings. The van der Waals surface area contributed by atoms with Crippen LogP contribution in [-0.4, -0.2) is 53.8 Å². The fourth-order valence-corrected chi connectivity index (χ4v) is 5.04. The minimum atomic E-state index is -0.578. The van der Waals surface area contributed by atoms with Gasteiger partial charge >= 0.3 is 0 Å².